The van der Waals surface area contributed by atoms with E-state index in [1.165, 1.54) is 17.4 Å². The zero-order valence-electron chi connectivity index (χ0n) is 15.3. The van der Waals surface area contributed by atoms with Crippen molar-refractivity contribution in [2.75, 3.05) is 0 Å². The van der Waals surface area contributed by atoms with Crippen LogP contribution in [-0.2, 0) is 6.42 Å². The SMILES string of the molecule is Cc1cn(-c2nc(-c3ccc(Cl)c(Cl)c3)cs2)cc1Cc1ccccc1[N+](=O)[O-]. The lowest BCUT2D eigenvalue weighted by Crippen LogP contribution is -1.96. The lowest BCUT2D eigenvalue weighted by atomic mass is 10.0. The second-order valence-corrected chi connectivity index (χ2v) is 8.23. The van der Waals surface area contributed by atoms with E-state index in [-0.39, 0.29) is 10.6 Å². The number of para-hydroxylation sites is 1. The third-order valence-corrected chi connectivity index (χ3v) is 6.22. The average molecular weight is 444 g/mol. The summed E-state index contributed by atoms with van der Waals surface area (Å²) in [6.07, 6.45) is 4.45. The number of rotatable bonds is 5. The fourth-order valence-corrected chi connectivity index (χ4v) is 4.19. The van der Waals surface area contributed by atoms with Crippen molar-refractivity contribution in [3.05, 3.63) is 97.1 Å². The van der Waals surface area contributed by atoms with E-state index in [0.29, 0.717) is 22.0 Å². The summed E-state index contributed by atoms with van der Waals surface area (Å²) in [4.78, 5) is 15.6. The maximum Gasteiger partial charge on any atom is 0.272 e. The molecule has 0 aliphatic heterocycles. The Labute approximate surface area is 181 Å². The molecule has 0 amide bonds. The van der Waals surface area contributed by atoms with E-state index in [0.717, 1.165) is 27.5 Å². The van der Waals surface area contributed by atoms with Crippen LogP contribution in [-0.4, -0.2) is 14.5 Å². The molecule has 0 fully saturated rings. The van der Waals surface area contributed by atoms with Gasteiger partial charge < -0.3 is 0 Å². The lowest BCUT2D eigenvalue weighted by molar-refractivity contribution is -0.385. The molecule has 2 aromatic heterocycles. The number of hydrogen-bond donors (Lipinski definition) is 0. The van der Waals surface area contributed by atoms with Crippen LogP contribution < -0.4 is 0 Å². The third-order valence-electron chi connectivity index (χ3n) is 4.63. The summed E-state index contributed by atoms with van der Waals surface area (Å²) in [7, 11) is 0. The zero-order chi connectivity index (χ0) is 20.5. The maximum absolute atomic E-state index is 11.3. The number of hydrogen-bond acceptors (Lipinski definition) is 4. The second kappa shape index (κ2) is 7.99. The molecule has 0 N–H and O–H groups in total. The third kappa shape index (κ3) is 4.05. The molecule has 4 aromatic rings. The Morgan fingerprint density at radius 2 is 1.90 bits per heavy atom. The summed E-state index contributed by atoms with van der Waals surface area (Å²) in [6, 6.07) is 12.3. The van der Waals surface area contributed by atoms with Crippen molar-refractivity contribution in [1.82, 2.24) is 9.55 Å². The number of aromatic nitrogens is 2. The van der Waals surface area contributed by atoms with Crippen molar-refractivity contribution in [1.29, 1.82) is 0 Å². The monoisotopic (exact) mass is 443 g/mol. The Balaban J connectivity index is 1.63. The highest BCUT2D eigenvalue weighted by atomic mass is 35.5. The Kier molecular flexibility index (Phi) is 5.41. The number of halogens is 2. The number of benzene rings is 2. The molecule has 4 rings (SSSR count). The van der Waals surface area contributed by atoms with Gasteiger partial charge in [-0.1, -0.05) is 47.5 Å². The van der Waals surface area contributed by atoms with Gasteiger partial charge in [0.2, 0.25) is 0 Å². The van der Waals surface area contributed by atoms with Gasteiger partial charge in [0.05, 0.1) is 20.7 Å². The number of nitro benzene ring substituents is 1. The topological polar surface area (TPSA) is 61.0 Å². The molecule has 29 heavy (non-hydrogen) atoms. The van der Waals surface area contributed by atoms with Gasteiger partial charge in [-0.25, -0.2) is 4.98 Å². The predicted molar refractivity (Wildman–Crippen MR) is 118 cm³/mol. The molecule has 0 radical (unpaired) electrons. The van der Waals surface area contributed by atoms with E-state index in [9.17, 15) is 10.1 Å². The minimum atomic E-state index is -0.341. The first-order valence-corrected chi connectivity index (χ1v) is 10.4. The fourth-order valence-electron chi connectivity index (χ4n) is 3.11. The zero-order valence-corrected chi connectivity index (χ0v) is 17.6. The molecule has 0 atom stereocenters. The van der Waals surface area contributed by atoms with Crippen molar-refractivity contribution in [2.24, 2.45) is 0 Å². The van der Waals surface area contributed by atoms with Crippen LogP contribution in [0.5, 0.6) is 0 Å². The second-order valence-electron chi connectivity index (χ2n) is 6.58. The van der Waals surface area contributed by atoms with Crippen LogP contribution in [0.3, 0.4) is 0 Å². The van der Waals surface area contributed by atoms with Crippen LogP contribution in [0.2, 0.25) is 10.0 Å². The largest absolute Gasteiger partial charge is 0.300 e. The van der Waals surface area contributed by atoms with Gasteiger partial charge in [0, 0.05) is 41.4 Å². The first-order chi connectivity index (χ1) is 13.9. The first kappa shape index (κ1) is 19.6. The number of thiazole rings is 1. The summed E-state index contributed by atoms with van der Waals surface area (Å²) in [5.74, 6) is 0. The maximum atomic E-state index is 11.3. The van der Waals surface area contributed by atoms with E-state index in [1.807, 2.05) is 41.4 Å². The minimum absolute atomic E-state index is 0.135. The predicted octanol–water partition coefficient (Wildman–Crippen LogP) is 6.72. The molecule has 0 saturated carbocycles. The fraction of sp³-hybridized carbons (Fsp3) is 0.0952. The van der Waals surface area contributed by atoms with Gasteiger partial charge in [0.15, 0.2) is 5.13 Å². The summed E-state index contributed by atoms with van der Waals surface area (Å²) < 4.78 is 1.95. The molecule has 0 unspecified atom stereocenters. The normalized spacial score (nSPS) is 11.0. The Bertz CT molecular complexity index is 1220. The van der Waals surface area contributed by atoms with Crippen molar-refractivity contribution >= 4 is 40.2 Å². The molecule has 8 heteroatoms. The summed E-state index contributed by atoms with van der Waals surface area (Å²) in [5, 5.41) is 15.0. The van der Waals surface area contributed by atoms with Gasteiger partial charge in [-0.3, -0.25) is 14.7 Å². The molecular weight excluding hydrogens is 429 g/mol. The van der Waals surface area contributed by atoms with E-state index < -0.39 is 0 Å². The number of aryl methyl sites for hydroxylation is 1. The Morgan fingerprint density at radius 1 is 1.10 bits per heavy atom. The van der Waals surface area contributed by atoms with E-state index in [2.05, 4.69) is 0 Å². The highest BCUT2D eigenvalue weighted by Gasteiger charge is 2.16. The van der Waals surface area contributed by atoms with Gasteiger partial charge in [0.1, 0.15) is 0 Å². The highest BCUT2D eigenvalue weighted by Crippen LogP contribution is 2.31. The minimum Gasteiger partial charge on any atom is -0.300 e. The van der Waals surface area contributed by atoms with Crippen LogP contribution in [0.25, 0.3) is 16.4 Å². The Hall–Kier alpha value is -2.67. The van der Waals surface area contributed by atoms with Crippen LogP contribution >= 0.6 is 34.5 Å². The molecule has 0 aliphatic carbocycles. The van der Waals surface area contributed by atoms with Crippen LogP contribution in [0, 0.1) is 17.0 Å². The van der Waals surface area contributed by atoms with Crippen LogP contribution in [0.15, 0.2) is 60.2 Å². The van der Waals surface area contributed by atoms with Gasteiger partial charge in [0.25, 0.3) is 5.69 Å². The van der Waals surface area contributed by atoms with Crippen molar-refractivity contribution in [3.63, 3.8) is 0 Å². The summed E-state index contributed by atoms with van der Waals surface area (Å²) >= 11 is 13.6. The molecule has 2 heterocycles. The smallest absolute Gasteiger partial charge is 0.272 e. The van der Waals surface area contributed by atoms with E-state index in [4.69, 9.17) is 28.2 Å². The Morgan fingerprint density at radius 3 is 2.66 bits per heavy atom. The molecular formula is C21H15Cl2N3O2S. The van der Waals surface area contributed by atoms with Gasteiger partial charge in [-0.05, 0) is 30.2 Å². The molecule has 5 nitrogen and oxygen atoms in total. The number of nitrogens with zero attached hydrogens (tertiary/aromatic N) is 3. The average Bonchev–Trinajstić information content (AvgIpc) is 3.32. The molecule has 2 aromatic carbocycles. The molecule has 0 aliphatic rings. The lowest BCUT2D eigenvalue weighted by Gasteiger charge is -2.02. The van der Waals surface area contributed by atoms with Gasteiger partial charge >= 0.3 is 0 Å². The van der Waals surface area contributed by atoms with Crippen LogP contribution in [0.1, 0.15) is 16.7 Å². The quantitative estimate of drug-likeness (QED) is 0.254. The van der Waals surface area contributed by atoms with E-state index in [1.54, 1.807) is 24.3 Å². The molecule has 0 saturated heterocycles. The van der Waals surface area contributed by atoms with Gasteiger partial charge in [-0.15, -0.1) is 11.3 Å². The standard InChI is InChI=1S/C21H15Cl2N3O2S/c1-13-10-25(11-16(13)8-15-4-2-3-5-20(15)26(27)28)21-24-19(12-29-21)14-6-7-17(22)18(23)9-14/h2-7,9-12H,8H2,1H3. The summed E-state index contributed by atoms with van der Waals surface area (Å²) in [6.45, 7) is 1.99. The van der Waals surface area contributed by atoms with Gasteiger partial charge in [-0.2, -0.15) is 0 Å². The first-order valence-electron chi connectivity index (χ1n) is 8.73. The van der Waals surface area contributed by atoms with E-state index >= 15 is 0 Å². The van der Waals surface area contributed by atoms with Crippen molar-refractivity contribution in [3.8, 4) is 16.4 Å². The van der Waals surface area contributed by atoms with Crippen LogP contribution in [0.4, 0.5) is 5.69 Å². The molecule has 0 spiro atoms. The summed E-state index contributed by atoms with van der Waals surface area (Å²) in [5.41, 5.74) is 4.60. The molecule has 146 valence electrons. The highest BCUT2D eigenvalue weighted by molar-refractivity contribution is 7.12. The number of nitro groups is 1. The molecule has 0 bridgehead atoms. The van der Waals surface area contributed by atoms with Crippen molar-refractivity contribution in [2.45, 2.75) is 13.3 Å². The van der Waals surface area contributed by atoms with Crippen molar-refractivity contribution < 1.29 is 4.92 Å².